The molecule has 3 rings (SSSR count). The number of methoxy groups -OCH3 is 2. The molecule has 1 aromatic carbocycles. The van der Waals surface area contributed by atoms with Crippen molar-refractivity contribution in [1.29, 1.82) is 0 Å². The van der Waals surface area contributed by atoms with E-state index in [1.807, 2.05) is 0 Å². The highest BCUT2D eigenvalue weighted by Crippen LogP contribution is 2.54. The molecule has 1 aromatic heterocycles. The van der Waals surface area contributed by atoms with Gasteiger partial charge in [0.25, 0.3) is 0 Å². The molecule has 0 spiro atoms. The molecule has 120 valence electrons. The molecule has 22 heavy (non-hydrogen) atoms. The minimum absolute atomic E-state index is 0.117. The van der Waals surface area contributed by atoms with E-state index in [9.17, 15) is 5.11 Å². The molecule has 2 unspecified atom stereocenters. The van der Waals surface area contributed by atoms with Gasteiger partial charge in [0.05, 0.1) is 37.5 Å². The summed E-state index contributed by atoms with van der Waals surface area (Å²) in [6, 6.07) is 1.73. The summed E-state index contributed by atoms with van der Waals surface area (Å²) in [6.07, 6.45) is -0.134. The zero-order valence-electron chi connectivity index (χ0n) is 11.7. The van der Waals surface area contributed by atoms with Crippen LogP contribution >= 0.6 is 34.8 Å². The number of fused-ring (bicyclic) bond motifs is 2. The minimum Gasteiger partial charge on any atom is -0.495 e. The summed E-state index contributed by atoms with van der Waals surface area (Å²) in [7, 11) is 2.97. The second-order valence-corrected chi connectivity index (χ2v) is 7.24. The van der Waals surface area contributed by atoms with Crippen molar-refractivity contribution in [2.45, 2.75) is 22.4 Å². The topological polar surface area (TPSA) is 61.1 Å². The Morgan fingerprint density at radius 2 is 1.91 bits per heavy atom. The lowest BCUT2D eigenvalue weighted by molar-refractivity contribution is 0.0632. The predicted molar refractivity (Wildman–Crippen MR) is 83.6 cm³/mol. The Labute approximate surface area is 141 Å². The number of halogens is 3. The highest BCUT2D eigenvalue weighted by Gasteiger charge is 2.43. The van der Waals surface area contributed by atoms with Gasteiger partial charge in [-0.15, -0.1) is 0 Å². The predicted octanol–water partition coefficient (Wildman–Crippen LogP) is 4.00. The standard InChI is InChI=1S/C14H13Cl3O5/c1-19-10-6-3-4-21-11(6)13(20-2)12-9(10)7(18)5-8(22-12)14(15,16)17/h3-4,7-8,18H,5H2,1-2H3. The Balaban J connectivity index is 2.28. The molecule has 0 amide bonds. The molecule has 5 nitrogen and oxygen atoms in total. The van der Waals surface area contributed by atoms with Gasteiger partial charge in [0.15, 0.2) is 11.3 Å². The highest BCUT2D eigenvalue weighted by atomic mass is 35.6. The number of alkyl halides is 3. The van der Waals surface area contributed by atoms with E-state index in [0.717, 1.165) is 0 Å². The summed E-state index contributed by atoms with van der Waals surface area (Å²) in [5.74, 6) is 1.04. The molecule has 2 aromatic rings. The number of aliphatic hydroxyl groups excluding tert-OH is 1. The third-order valence-corrected chi connectivity index (χ3v) is 4.35. The summed E-state index contributed by atoms with van der Waals surface area (Å²) >= 11 is 17.7. The Morgan fingerprint density at radius 3 is 2.50 bits per heavy atom. The zero-order chi connectivity index (χ0) is 16.1. The van der Waals surface area contributed by atoms with Gasteiger partial charge in [-0.25, -0.2) is 0 Å². The Kier molecular flexibility index (Phi) is 4.01. The normalized spacial score (nSPS) is 21.4. The average Bonchev–Trinajstić information content (AvgIpc) is 2.92. The lowest BCUT2D eigenvalue weighted by Gasteiger charge is -2.34. The van der Waals surface area contributed by atoms with Gasteiger partial charge in [-0.3, -0.25) is 0 Å². The van der Waals surface area contributed by atoms with Crippen molar-refractivity contribution in [1.82, 2.24) is 0 Å². The summed E-state index contributed by atoms with van der Waals surface area (Å²) in [4.78, 5) is 0. The van der Waals surface area contributed by atoms with E-state index in [1.54, 1.807) is 6.07 Å². The van der Waals surface area contributed by atoms with Crippen molar-refractivity contribution in [3.63, 3.8) is 0 Å². The highest BCUT2D eigenvalue weighted by molar-refractivity contribution is 6.68. The van der Waals surface area contributed by atoms with E-state index in [-0.39, 0.29) is 12.2 Å². The third kappa shape index (κ3) is 2.36. The minimum atomic E-state index is -1.69. The first-order valence-electron chi connectivity index (χ1n) is 6.45. The van der Waals surface area contributed by atoms with Crippen LogP contribution in [0.2, 0.25) is 0 Å². The first-order chi connectivity index (χ1) is 10.4. The van der Waals surface area contributed by atoms with E-state index >= 15 is 0 Å². The number of aliphatic hydroxyl groups is 1. The van der Waals surface area contributed by atoms with E-state index in [4.69, 9.17) is 53.4 Å². The van der Waals surface area contributed by atoms with Crippen LogP contribution in [0.5, 0.6) is 17.2 Å². The largest absolute Gasteiger partial charge is 0.495 e. The van der Waals surface area contributed by atoms with Crippen molar-refractivity contribution in [3.05, 3.63) is 17.9 Å². The zero-order valence-corrected chi connectivity index (χ0v) is 14.0. The molecule has 8 heteroatoms. The SMILES string of the molecule is COc1c2c(c(OC)c3occc13)OC(C(Cl)(Cl)Cl)CC2O. The lowest BCUT2D eigenvalue weighted by Crippen LogP contribution is -2.37. The van der Waals surface area contributed by atoms with Crippen LogP contribution in [0, 0.1) is 0 Å². The van der Waals surface area contributed by atoms with Crippen molar-refractivity contribution in [2.75, 3.05) is 14.2 Å². The molecule has 0 radical (unpaired) electrons. The molecule has 1 aliphatic heterocycles. The molecule has 0 aliphatic carbocycles. The fourth-order valence-electron chi connectivity index (χ4n) is 2.67. The number of ether oxygens (including phenoxy) is 3. The molecule has 2 atom stereocenters. The molecule has 0 fully saturated rings. The van der Waals surface area contributed by atoms with E-state index < -0.39 is 16.0 Å². The maximum absolute atomic E-state index is 10.5. The molecule has 1 N–H and O–H groups in total. The van der Waals surface area contributed by atoms with E-state index in [2.05, 4.69) is 0 Å². The molecular weight excluding hydrogens is 355 g/mol. The van der Waals surface area contributed by atoms with Gasteiger partial charge in [-0.1, -0.05) is 34.8 Å². The monoisotopic (exact) mass is 366 g/mol. The molecular formula is C14H13Cl3O5. The van der Waals surface area contributed by atoms with Gasteiger partial charge < -0.3 is 23.7 Å². The molecule has 0 saturated heterocycles. The first kappa shape index (κ1) is 15.9. The van der Waals surface area contributed by atoms with Crippen molar-refractivity contribution in [2.24, 2.45) is 0 Å². The summed E-state index contributed by atoms with van der Waals surface area (Å²) in [5, 5.41) is 11.2. The molecule has 2 heterocycles. The van der Waals surface area contributed by atoms with Gasteiger partial charge in [0, 0.05) is 6.42 Å². The van der Waals surface area contributed by atoms with Crippen LogP contribution in [-0.2, 0) is 0 Å². The quantitative estimate of drug-likeness (QED) is 0.813. The summed E-state index contributed by atoms with van der Waals surface area (Å²) < 4.78 is 20.3. The molecule has 1 aliphatic rings. The maximum Gasteiger partial charge on any atom is 0.226 e. The van der Waals surface area contributed by atoms with Crippen LogP contribution in [0.1, 0.15) is 18.1 Å². The number of rotatable bonds is 2. The maximum atomic E-state index is 10.5. The van der Waals surface area contributed by atoms with Gasteiger partial charge in [0.2, 0.25) is 9.54 Å². The smallest absolute Gasteiger partial charge is 0.226 e. The second kappa shape index (κ2) is 5.57. The van der Waals surface area contributed by atoms with Crippen molar-refractivity contribution < 1.29 is 23.7 Å². The fraction of sp³-hybridized carbons (Fsp3) is 0.429. The number of hydrogen-bond acceptors (Lipinski definition) is 5. The number of hydrogen-bond donors (Lipinski definition) is 1. The van der Waals surface area contributed by atoms with Crippen LogP contribution in [0.15, 0.2) is 16.7 Å². The van der Waals surface area contributed by atoms with Crippen molar-refractivity contribution in [3.8, 4) is 17.2 Å². The molecule has 0 saturated carbocycles. The number of benzene rings is 1. The van der Waals surface area contributed by atoms with Gasteiger partial charge >= 0.3 is 0 Å². The molecule has 0 bridgehead atoms. The first-order valence-corrected chi connectivity index (χ1v) is 7.58. The summed E-state index contributed by atoms with van der Waals surface area (Å²) in [5.41, 5.74) is 0.897. The van der Waals surface area contributed by atoms with E-state index in [0.29, 0.717) is 28.0 Å². The third-order valence-electron chi connectivity index (χ3n) is 3.62. The van der Waals surface area contributed by atoms with Crippen LogP contribution < -0.4 is 14.2 Å². The Bertz CT molecular complexity index is 707. The van der Waals surface area contributed by atoms with Gasteiger partial charge in [0.1, 0.15) is 11.9 Å². The van der Waals surface area contributed by atoms with Crippen LogP contribution in [0.25, 0.3) is 11.0 Å². The van der Waals surface area contributed by atoms with Crippen molar-refractivity contribution >= 4 is 45.8 Å². The average molecular weight is 368 g/mol. The second-order valence-electron chi connectivity index (χ2n) is 4.87. The van der Waals surface area contributed by atoms with Crippen LogP contribution in [0.4, 0.5) is 0 Å². The van der Waals surface area contributed by atoms with E-state index in [1.165, 1.54) is 20.5 Å². The van der Waals surface area contributed by atoms with Gasteiger partial charge in [-0.05, 0) is 6.07 Å². The van der Waals surface area contributed by atoms with Gasteiger partial charge in [-0.2, -0.15) is 0 Å². The van der Waals surface area contributed by atoms with Crippen LogP contribution in [0.3, 0.4) is 0 Å². The summed E-state index contributed by atoms with van der Waals surface area (Å²) in [6.45, 7) is 0. The Hall–Kier alpha value is -1.01. The number of furan rings is 1. The fourth-order valence-corrected chi connectivity index (χ4v) is 3.07. The Morgan fingerprint density at radius 1 is 1.23 bits per heavy atom. The lowest BCUT2D eigenvalue weighted by atomic mass is 9.96. The van der Waals surface area contributed by atoms with Crippen LogP contribution in [-0.4, -0.2) is 29.2 Å².